The summed E-state index contributed by atoms with van der Waals surface area (Å²) in [6.07, 6.45) is 4.29. The van der Waals surface area contributed by atoms with Crippen LogP contribution in [0, 0.1) is 0 Å². The van der Waals surface area contributed by atoms with Crippen molar-refractivity contribution in [3.63, 3.8) is 0 Å². The van der Waals surface area contributed by atoms with Gasteiger partial charge in [-0.25, -0.2) is 4.98 Å². The van der Waals surface area contributed by atoms with Crippen molar-refractivity contribution in [3.8, 4) is 0 Å². The monoisotopic (exact) mass is 272 g/mol. The molecule has 15 heavy (non-hydrogen) atoms. The number of unbranched alkanes of at least 4 members (excludes halogenated alkanes) is 3. The number of hydrogen-bond acceptors (Lipinski definition) is 3. The third-order valence-corrected chi connectivity index (χ3v) is 2.55. The Morgan fingerprint density at radius 1 is 1.20 bits per heavy atom. The Morgan fingerprint density at radius 3 is 2.73 bits per heavy atom. The number of hydrogen-bond donors (Lipinski definition) is 2. The van der Waals surface area contributed by atoms with Crippen molar-refractivity contribution in [2.75, 3.05) is 18.5 Å². The molecule has 2 N–H and O–H groups in total. The Labute approximate surface area is 99.1 Å². The van der Waals surface area contributed by atoms with Gasteiger partial charge in [-0.15, -0.1) is 0 Å². The van der Waals surface area contributed by atoms with Crippen LogP contribution in [0.5, 0.6) is 0 Å². The summed E-state index contributed by atoms with van der Waals surface area (Å²) in [4.78, 5) is 4.27. The molecule has 0 aliphatic rings. The van der Waals surface area contributed by atoms with E-state index in [1.807, 2.05) is 18.2 Å². The lowest BCUT2D eigenvalue weighted by Gasteiger charge is -2.05. The smallest absolute Gasteiger partial charge is 0.127 e. The lowest BCUT2D eigenvalue weighted by molar-refractivity contribution is 0.283. The normalized spacial score (nSPS) is 10.3. The Balaban J connectivity index is 2.10. The maximum absolute atomic E-state index is 8.60. The fraction of sp³-hybridized carbons (Fsp3) is 0.545. The largest absolute Gasteiger partial charge is 0.396 e. The van der Waals surface area contributed by atoms with Gasteiger partial charge < -0.3 is 10.4 Å². The maximum Gasteiger partial charge on any atom is 0.127 e. The van der Waals surface area contributed by atoms with Crippen molar-refractivity contribution in [2.24, 2.45) is 0 Å². The van der Waals surface area contributed by atoms with E-state index in [0.717, 1.165) is 42.6 Å². The van der Waals surface area contributed by atoms with E-state index in [1.54, 1.807) is 0 Å². The highest BCUT2D eigenvalue weighted by molar-refractivity contribution is 9.10. The average Bonchev–Trinajstić information content (AvgIpc) is 2.23. The van der Waals surface area contributed by atoms with Gasteiger partial charge in [-0.1, -0.05) is 18.9 Å². The molecule has 0 atom stereocenters. The zero-order valence-electron chi connectivity index (χ0n) is 8.75. The number of rotatable bonds is 7. The van der Waals surface area contributed by atoms with Crippen LogP contribution in [-0.2, 0) is 0 Å². The summed E-state index contributed by atoms with van der Waals surface area (Å²) < 4.78 is 0.854. The van der Waals surface area contributed by atoms with Crippen molar-refractivity contribution in [2.45, 2.75) is 25.7 Å². The van der Waals surface area contributed by atoms with Gasteiger partial charge in [0.25, 0.3) is 0 Å². The molecule has 0 bridgehead atoms. The molecule has 1 heterocycles. The fourth-order valence-corrected chi connectivity index (χ4v) is 1.66. The van der Waals surface area contributed by atoms with Crippen LogP contribution in [0.1, 0.15) is 25.7 Å². The van der Waals surface area contributed by atoms with E-state index in [1.165, 1.54) is 0 Å². The molecule has 4 heteroatoms. The number of nitrogens with zero attached hydrogens (tertiary/aromatic N) is 1. The minimum absolute atomic E-state index is 0.306. The van der Waals surface area contributed by atoms with Gasteiger partial charge in [0.1, 0.15) is 10.4 Å². The average molecular weight is 273 g/mol. The minimum Gasteiger partial charge on any atom is -0.396 e. The summed E-state index contributed by atoms with van der Waals surface area (Å²) in [5, 5.41) is 11.9. The Morgan fingerprint density at radius 2 is 2.00 bits per heavy atom. The molecule has 1 aromatic rings. The molecule has 1 aromatic heterocycles. The van der Waals surface area contributed by atoms with Crippen LogP contribution in [0.2, 0.25) is 0 Å². The molecule has 0 spiro atoms. The molecule has 84 valence electrons. The van der Waals surface area contributed by atoms with Crippen LogP contribution in [0.25, 0.3) is 0 Å². The highest BCUT2D eigenvalue weighted by Crippen LogP contribution is 2.10. The summed E-state index contributed by atoms with van der Waals surface area (Å²) in [7, 11) is 0. The second-order valence-electron chi connectivity index (χ2n) is 3.41. The summed E-state index contributed by atoms with van der Waals surface area (Å²) in [5.74, 6) is 0.909. The Bertz CT molecular complexity index is 281. The molecule has 0 aliphatic carbocycles. The van der Waals surface area contributed by atoms with Gasteiger partial charge in [0.2, 0.25) is 0 Å². The number of halogens is 1. The fourth-order valence-electron chi connectivity index (χ4n) is 1.31. The van der Waals surface area contributed by atoms with Gasteiger partial charge in [0.15, 0.2) is 0 Å². The summed E-state index contributed by atoms with van der Waals surface area (Å²) in [6, 6.07) is 5.83. The van der Waals surface area contributed by atoms with Gasteiger partial charge >= 0.3 is 0 Å². The predicted octanol–water partition coefficient (Wildman–Crippen LogP) is 2.81. The van der Waals surface area contributed by atoms with Crippen molar-refractivity contribution in [1.82, 2.24) is 4.98 Å². The van der Waals surface area contributed by atoms with Crippen molar-refractivity contribution in [1.29, 1.82) is 0 Å². The van der Waals surface area contributed by atoms with E-state index in [4.69, 9.17) is 5.11 Å². The first-order valence-corrected chi connectivity index (χ1v) is 6.09. The van der Waals surface area contributed by atoms with Crippen molar-refractivity contribution in [3.05, 3.63) is 22.8 Å². The standard InChI is InChI=1S/C11H17BrN2O/c12-10-6-5-7-11(14-10)13-8-3-1-2-4-9-15/h5-7,15H,1-4,8-9H2,(H,13,14). The summed E-state index contributed by atoms with van der Waals surface area (Å²) >= 11 is 3.33. The second kappa shape index (κ2) is 7.65. The topological polar surface area (TPSA) is 45.1 Å². The van der Waals surface area contributed by atoms with Crippen LogP contribution < -0.4 is 5.32 Å². The number of nitrogens with one attached hydrogen (secondary N) is 1. The van der Waals surface area contributed by atoms with Crippen LogP contribution >= 0.6 is 15.9 Å². The van der Waals surface area contributed by atoms with E-state index in [2.05, 4.69) is 26.2 Å². The molecule has 0 saturated heterocycles. The first kappa shape index (κ1) is 12.5. The van der Waals surface area contributed by atoms with E-state index in [0.29, 0.717) is 6.61 Å². The molecule has 0 fully saturated rings. The molecule has 0 saturated carbocycles. The lowest BCUT2D eigenvalue weighted by atomic mass is 10.2. The van der Waals surface area contributed by atoms with E-state index < -0.39 is 0 Å². The molecule has 0 aromatic carbocycles. The number of aliphatic hydroxyl groups excluding tert-OH is 1. The van der Waals surface area contributed by atoms with Gasteiger partial charge in [0.05, 0.1) is 0 Å². The van der Waals surface area contributed by atoms with Gasteiger partial charge in [0, 0.05) is 13.2 Å². The zero-order chi connectivity index (χ0) is 10.9. The SMILES string of the molecule is OCCCCCCNc1cccc(Br)n1. The Hall–Kier alpha value is -0.610. The van der Waals surface area contributed by atoms with Crippen LogP contribution in [-0.4, -0.2) is 23.2 Å². The number of anilines is 1. The number of aliphatic hydroxyl groups is 1. The van der Waals surface area contributed by atoms with Crippen LogP contribution in [0.4, 0.5) is 5.82 Å². The third kappa shape index (κ3) is 5.74. The molecule has 0 aliphatic heterocycles. The first-order valence-electron chi connectivity index (χ1n) is 5.30. The van der Waals surface area contributed by atoms with Gasteiger partial charge in [-0.3, -0.25) is 0 Å². The first-order chi connectivity index (χ1) is 7.33. The number of aromatic nitrogens is 1. The zero-order valence-corrected chi connectivity index (χ0v) is 10.3. The highest BCUT2D eigenvalue weighted by Gasteiger charge is 1.94. The minimum atomic E-state index is 0.306. The molecule has 0 unspecified atom stereocenters. The maximum atomic E-state index is 8.60. The lowest BCUT2D eigenvalue weighted by Crippen LogP contribution is -2.03. The highest BCUT2D eigenvalue weighted by atomic mass is 79.9. The molecule has 0 amide bonds. The van der Waals surface area contributed by atoms with Gasteiger partial charge in [-0.2, -0.15) is 0 Å². The predicted molar refractivity (Wildman–Crippen MR) is 66.0 cm³/mol. The summed E-state index contributed by atoms with van der Waals surface area (Å²) in [6.45, 7) is 1.25. The van der Waals surface area contributed by atoms with E-state index >= 15 is 0 Å². The summed E-state index contributed by atoms with van der Waals surface area (Å²) in [5.41, 5.74) is 0. The number of pyridine rings is 1. The quantitative estimate of drug-likeness (QED) is 0.593. The van der Waals surface area contributed by atoms with Crippen LogP contribution in [0.3, 0.4) is 0 Å². The van der Waals surface area contributed by atoms with E-state index in [-0.39, 0.29) is 0 Å². The second-order valence-corrected chi connectivity index (χ2v) is 4.22. The van der Waals surface area contributed by atoms with Crippen LogP contribution in [0.15, 0.2) is 22.8 Å². The molecular formula is C11H17BrN2O. The van der Waals surface area contributed by atoms with E-state index in [9.17, 15) is 0 Å². The third-order valence-electron chi connectivity index (χ3n) is 2.11. The Kier molecular flexibility index (Phi) is 6.36. The molecule has 1 rings (SSSR count). The molecule has 3 nitrogen and oxygen atoms in total. The van der Waals surface area contributed by atoms with Crippen molar-refractivity contribution < 1.29 is 5.11 Å². The molecular weight excluding hydrogens is 256 g/mol. The molecule has 0 radical (unpaired) electrons. The van der Waals surface area contributed by atoms with Gasteiger partial charge in [-0.05, 0) is 40.9 Å². The van der Waals surface area contributed by atoms with Crippen molar-refractivity contribution >= 4 is 21.7 Å².